The molecule has 23 heavy (non-hydrogen) atoms. The van der Waals surface area contributed by atoms with Gasteiger partial charge in [0.2, 0.25) is 0 Å². The minimum absolute atomic E-state index is 0.160. The molecule has 1 atom stereocenters. The molecule has 0 saturated heterocycles. The van der Waals surface area contributed by atoms with Crippen LogP contribution in [0, 0.1) is 12.7 Å². The van der Waals surface area contributed by atoms with Crippen LogP contribution in [0.2, 0.25) is 0 Å². The van der Waals surface area contributed by atoms with Crippen molar-refractivity contribution in [1.29, 1.82) is 0 Å². The quantitative estimate of drug-likeness (QED) is 0.765. The van der Waals surface area contributed by atoms with Gasteiger partial charge in [-0.05, 0) is 37.1 Å². The number of nitrogens with one attached hydrogen (secondary N) is 2. The molecule has 1 aromatic heterocycles. The lowest BCUT2D eigenvalue weighted by molar-refractivity contribution is 0.162. The van der Waals surface area contributed by atoms with Crippen molar-refractivity contribution in [3.8, 4) is 5.69 Å². The van der Waals surface area contributed by atoms with Crippen molar-refractivity contribution >= 4 is 11.7 Å². The van der Waals surface area contributed by atoms with Crippen molar-refractivity contribution in [3.63, 3.8) is 0 Å². The predicted molar refractivity (Wildman–Crippen MR) is 86.2 cm³/mol. The van der Waals surface area contributed by atoms with Crippen molar-refractivity contribution in [3.05, 3.63) is 42.0 Å². The van der Waals surface area contributed by atoms with Crippen molar-refractivity contribution in [2.75, 3.05) is 11.9 Å². The van der Waals surface area contributed by atoms with Gasteiger partial charge in [0.25, 0.3) is 0 Å². The maximum atomic E-state index is 14.1. The zero-order chi connectivity index (χ0) is 16.8. The number of aromatic nitrogens is 2. The normalized spacial score (nSPS) is 12.0. The van der Waals surface area contributed by atoms with Gasteiger partial charge in [0.05, 0.1) is 12.3 Å². The first kappa shape index (κ1) is 17.0. The minimum atomic E-state index is -0.576. The van der Waals surface area contributed by atoms with Crippen LogP contribution >= 0.6 is 0 Å². The van der Waals surface area contributed by atoms with Crippen molar-refractivity contribution in [2.45, 2.75) is 32.8 Å². The van der Waals surface area contributed by atoms with E-state index < -0.39 is 18.0 Å². The number of anilines is 1. The highest BCUT2D eigenvalue weighted by Crippen LogP contribution is 2.18. The molecule has 1 aromatic carbocycles. The molecular weight excluding hydrogens is 299 g/mol. The number of aliphatic hydroxyl groups is 1. The van der Waals surface area contributed by atoms with Crippen molar-refractivity contribution in [2.24, 2.45) is 0 Å². The number of nitrogens with zero attached hydrogens (tertiary/aromatic N) is 2. The SMILES string of the molecule is CCCC(O)CNC(=O)Nc1ccc(-n2cc(C)cn2)c(F)c1. The van der Waals surface area contributed by atoms with Gasteiger partial charge < -0.3 is 15.7 Å². The molecule has 0 saturated carbocycles. The van der Waals surface area contributed by atoms with E-state index >= 15 is 0 Å². The molecule has 2 aromatic rings. The first-order valence-electron chi connectivity index (χ1n) is 7.53. The van der Waals surface area contributed by atoms with Crippen LogP contribution in [0.1, 0.15) is 25.3 Å². The van der Waals surface area contributed by atoms with Crippen LogP contribution in [0.3, 0.4) is 0 Å². The van der Waals surface area contributed by atoms with Crippen LogP contribution in [-0.4, -0.2) is 33.6 Å². The molecule has 1 unspecified atom stereocenters. The summed E-state index contributed by atoms with van der Waals surface area (Å²) in [6, 6.07) is 3.89. The highest BCUT2D eigenvalue weighted by molar-refractivity contribution is 5.89. The van der Waals surface area contributed by atoms with E-state index in [0.29, 0.717) is 17.8 Å². The molecule has 124 valence electrons. The lowest BCUT2D eigenvalue weighted by Gasteiger charge is -2.12. The van der Waals surface area contributed by atoms with Crippen LogP contribution in [0.15, 0.2) is 30.6 Å². The average molecular weight is 320 g/mol. The Balaban J connectivity index is 1.96. The molecule has 0 bridgehead atoms. The Morgan fingerprint density at radius 2 is 2.26 bits per heavy atom. The van der Waals surface area contributed by atoms with Gasteiger partial charge in [0.15, 0.2) is 5.82 Å². The molecule has 7 heteroatoms. The van der Waals surface area contributed by atoms with Gasteiger partial charge in [-0.3, -0.25) is 0 Å². The number of urea groups is 1. The third-order valence-corrected chi connectivity index (χ3v) is 3.28. The molecule has 0 aliphatic carbocycles. The second-order valence-electron chi connectivity index (χ2n) is 5.41. The summed E-state index contributed by atoms with van der Waals surface area (Å²) in [4.78, 5) is 11.7. The molecule has 3 N–H and O–H groups in total. The largest absolute Gasteiger partial charge is 0.391 e. The number of amides is 2. The second-order valence-corrected chi connectivity index (χ2v) is 5.41. The molecule has 0 fully saturated rings. The fourth-order valence-electron chi connectivity index (χ4n) is 2.14. The molecule has 0 aliphatic heterocycles. The van der Waals surface area contributed by atoms with Gasteiger partial charge in [-0.15, -0.1) is 0 Å². The molecule has 6 nitrogen and oxygen atoms in total. The van der Waals surface area contributed by atoms with Crippen LogP contribution in [0.25, 0.3) is 5.69 Å². The molecule has 1 heterocycles. The summed E-state index contributed by atoms with van der Waals surface area (Å²) >= 11 is 0. The lowest BCUT2D eigenvalue weighted by atomic mass is 10.2. The van der Waals surface area contributed by atoms with Crippen molar-refractivity contribution < 1.29 is 14.3 Å². The Morgan fingerprint density at radius 3 is 2.87 bits per heavy atom. The summed E-state index contributed by atoms with van der Waals surface area (Å²) in [5, 5.41) is 18.7. The first-order chi connectivity index (χ1) is 11.0. The molecule has 0 aliphatic rings. The monoisotopic (exact) mass is 320 g/mol. The third-order valence-electron chi connectivity index (χ3n) is 3.28. The second kappa shape index (κ2) is 7.73. The molecule has 2 rings (SSSR count). The number of hydrogen-bond donors (Lipinski definition) is 3. The Bertz CT molecular complexity index is 672. The van der Waals surface area contributed by atoms with Crippen LogP contribution in [0.5, 0.6) is 0 Å². The van der Waals surface area contributed by atoms with E-state index in [-0.39, 0.29) is 6.54 Å². The number of halogens is 1. The zero-order valence-electron chi connectivity index (χ0n) is 13.2. The molecule has 0 spiro atoms. The first-order valence-corrected chi connectivity index (χ1v) is 7.53. The minimum Gasteiger partial charge on any atom is -0.391 e. The summed E-state index contributed by atoms with van der Waals surface area (Å²) in [6.45, 7) is 3.98. The van der Waals surface area contributed by atoms with Crippen molar-refractivity contribution in [1.82, 2.24) is 15.1 Å². The Labute approximate surface area is 134 Å². The number of aryl methyl sites for hydroxylation is 1. The summed E-state index contributed by atoms with van der Waals surface area (Å²) < 4.78 is 15.6. The van der Waals surface area contributed by atoms with E-state index in [0.717, 1.165) is 12.0 Å². The number of hydrogen-bond acceptors (Lipinski definition) is 3. The van der Waals surface area contributed by atoms with Gasteiger partial charge in [0, 0.05) is 18.4 Å². The fourth-order valence-corrected chi connectivity index (χ4v) is 2.14. The van der Waals surface area contributed by atoms with Gasteiger partial charge >= 0.3 is 6.03 Å². The van der Waals surface area contributed by atoms with Crippen LogP contribution < -0.4 is 10.6 Å². The smallest absolute Gasteiger partial charge is 0.319 e. The lowest BCUT2D eigenvalue weighted by Crippen LogP contribution is -2.35. The van der Waals surface area contributed by atoms with Gasteiger partial charge in [-0.2, -0.15) is 5.10 Å². The predicted octanol–water partition coefficient (Wildman–Crippen LogP) is 2.60. The van der Waals surface area contributed by atoms with E-state index in [1.54, 1.807) is 24.5 Å². The Morgan fingerprint density at radius 1 is 1.48 bits per heavy atom. The van der Waals surface area contributed by atoms with E-state index in [4.69, 9.17) is 0 Å². The van der Waals surface area contributed by atoms with E-state index in [1.165, 1.54) is 10.7 Å². The summed E-state index contributed by atoms with van der Waals surface area (Å²) in [5.74, 6) is -0.489. The summed E-state index contributed by atoms with van der Waals surface area (Å²) in [7, 11) is 0. The van der Waals surface area contributed by atoms with Crippen LogP contribution in [0.4, 0.5) is 14.9 Å². The summed E-state index contributed by atoms with van der Waals surface area (Å²) in [6.07, 6.45) is 4.23. The number of rotatable bonds is 6. The molecule has 0 radical (unpaired) electrons. The van der Waals surface area contributed by atoms with Gasteiger partial charge in [0.1, 0.15) is 5.69 Å². The number of aliphatic hydroxyl groups excluding tert-OH is 1. The third kappa shape index (κ3) is 4.79. The van der Waals surface area contributed by atoms with E-state index in [2.05, 4.69) is 15.7 Å². The molecular formula is C16H21FN4O2. The number of carbonyl (C=O) groups excluding carboxylic acids is 1. The Hall–Kier alpha value is -2.41. The van der Waals surface area contributed by atoms with Gasteiger partial charge in [-0.1, -0.05) is 13.3 Å². The average Bonchev–Trinajstić information content (AvgIpc) is 2.92. The Kier molecular flexibility index (Phi) is 5.70. The van der Waals surface area contributed by atoms with E-state index in [1.807, 2.05) is 13.8 Å². The molecule has 2 amide bonds. The maximum absolute atomic E-state index is 14.1. The highest BCUT2D eigenvalue weighted by Gasteiger charge is 2.10. The maximum Gasteiger partial charge on any atom is 0.319 e. The fraction of sp³-hybridized carbons (Fsp3) is 0.375. The highest BCUT2D eigenvalue weighted by atomic mass is 19.1. The number of benzene rings is 1. The van der Waals surface area contributed by atoms with Crippen LogP contribution in [-0.2, 0) is 0 Å². The summed E-state index contributed by atoms with van der Waals surface area (Å²) in [5.41, 5.74) is 1.57. The van der Waals surface area contributed by atoms with Gasteiger partial charge in [-0.25, -0.2) is 13.9 Å². The topological polar surface area (TPSA) is 79.2 Å². The zero-order valence-corrected chi connectivity index (χ0v) is 13.2. The number of carbonyl (C=O) groups is 1. The van der Waals surface area contributed by atoms with E-state index in [9.17, 15) is 14.3 Å². The standard InChI is InChI=1S/C16H21FN4O2/c1-3-4-13(22)9-18-16(23)20-12-5-6-15(14(17)7-12)21-10-11(2)8-19-21/h5-8,10,13,22H,3-4,9H2,1-2H3,(H2,18,20,23).